The highest BCUT2D eigenvalue weighted by Gasteiger charge is 2.31. The van der Waals surface area contributed by atoms with Gasteiger partial charge in [0.05, 0.1) is 24.4 Å². The number of thiazole rings is 1. The number of hydrogen-bond donors (Lipinski definition) is 1. The van der Waals surface area contributed by atoms with Crippen LogP contribution in [0, 0.1) is 11.7 Å². The Balaban J connectivity index is 1.39. The summed E-state index contributed by atoms with van der Waals surface area (Å²) in [4.78, 5) is 23.5. The molecular formula is C27H31ClFN7OS. The molecule has 200 valence electrons. The maximum Gasteiger partial charge on any atom is 0.228 e. The SMILES string of the molecule is C[C@@H]1CN(c2nc(-c3ccc(Cl)cc3F)c3sc(N(C)CC4CC4)nc3n2)C[C@@H](C(C=NC2CC2)=CN)O1. The molecule has 0 radical (unpaired) electrons. The molecule has 1 saturated heterocycles. The second-order valence-corrected chi connectivity index (χ2v) is 11.9. The summed E-state index contributed by atoms with van der Waals surface area (Å²) in [6.45, 7) is 4.04. The van der Waals surface area contributed by atoms with Crippen LogP contribution in [-0.2, 0) is 4.74 Å². The first-order chi connectivity index (χ1) is 18.4. The number of halogens is 2. The van der Waals surface area contributed by atoms with Crippen molar-refractivity contribution in [2.45, 2.75) is 50.9 Å². The van der Waals surface area contributed by atoms with E-state index in [0.29, 0.717) is 52.9 Å². The van der Waals surface area contributed by atoms with Crippen molar-refractivity contribution in [3.8, 4) is 11.3 Å². The van der Waals surface area contributed by atoms with E-state index < -0.39 is 5.82 Å². The number of morpholine rings is 1. The molecule has 2 saturated carbocycles. The van der Waals surface area contributed by atoms with E-state index in [9.17, 15) is 0 Å². The summed E-state index contributed by atoms with van der Waals surface area (Å²) < 4.78 is 22.2. The Labute approximate surface area is 230 Å². The molecular weight excluding hydrogens is 525 g/mol. The molecule has 0 bridgehead atoms. The number of nitrogens with two attached hydrogens (primary N) is 1. The Morgan fingerprint density at radius 2 is 2.08 bits per heavy atom. The third kappa shape index (κ3) is 5.48. The molecule has 2 aliphatic carbocycles. The van der Waals surface area contributed by atoms with Crippen molar-refractivity contribution >= 4 is 50.6 Å². The Morgan fingerprint density at radius 1 is 1.26 bits per heavy atom. The highest BCUT2D eigenvalue weighted by Crippen LogP contribution is 2.39. The molecule has 6 rings (SSSR count). The molecule has 3 aromatic rings. The van der Waals surface area contributed by atoms with Crippen LogP contribution in [0.15, 0.2) is 35.0 Å². The molecule has 1 aromatic carbocycles. The van der Waals surface area contributed by atoms with Gasteiger partial charge in [-0.05, 0) is 56.7 Å². The van der Waals surface area contributed by atoms with Crippen LogP contribution in [0.3, 0.4) is 0 Å². The largest absolute Gasteiger partial charge is 0.404 e. The lowest BCUT2D eigenvalue weighted by Crippen LogP contribution is -2.48. The lowest BCUT2D eigenvalue weighted by Gasteiger charge is -2.37. The summed E-state index contributed by atoms with van der Waals surface area (Å²) in [5.41, 5.74) is 8.24. The van der Waals surface area contributed by atoms with E-state index in [4.69, 9.17) is 37.0 Å². The maximum absolute atomic E-state index is 15.2. The zero-order valence-electron chi connectivity index (χ0n) is 21.5. The average molecular weight is 556 g/mol. The van der Waals surface area contributed by atoms with Crippen molar-refractivity contribution in [3.63, 3.8) is 0 Å². The fraction of sp³-hybridized carbons (Fsp3) is 0.481. The normalized spacial score (nSPS) is 22.5. The van der Waals surface area contributed by atoms with Gasteiger partial charge in [0.1, 0.15) is 16.6 Å². The van der Waals surface area contributed by atoms with Crippen LogP contribution in [0.4, 0.5) is 15.5 Å². The summed E-state index contributed by atoms with van der Waals surface area (Å²) >= 11 is 7.56. The zero-order chi connectivity index (χ0) is 26.4. The number of ether oxygens (including phenoxy) is 1. The summed E-state index contributed by atoms with van der Waals surface area (Å²) in [5.74, 6) is 0.767. The molecule has 0 unspecified atom stereocenters. The molecule has 3 aliphatic rings. The van der Waals surface area contributed by atoms with Gasteiger partial charge in [0.2, 0.25) is 5.95 Å². The van der Waals surface area contributed by atoms with Gasteiger partial charge in [0.25, 0.3) is 0 Å². The fourth-order valence-electron chi connectivity index (χ4n) is 4.68. The highest BCUT2D eigenvalue weighted by atomic mass is 35.5. The minimum absolute atomic E-state index is 0.0938. The van der Waals surface area contributed by atoms with E-state index in [2.05, 4.69) is 14.8 Å². The van der Waals surface area contributed by atoms with Crippen molar-refractivity contribution in [2.24, 2.45) is 16.6 Å². The van der Waals surface area contributed by atoms with Gasteiger partial charge in [0.15, 0.2) is 10.8 Å². The van der Waals surface area contributed by atoms with E-state index in [1.807, 2.05) is 20.2 Å². The maximum atomic E-state index is 15.2. The van der Waals surface area contributed by atoms with Crippen LogP contribution in [0.5, 0.6) is 0 Å². The Morgan fingerprint density at radius 3 is 2.79 bits per heavy atom. The van der Waals surface area contributed by atoms with Crippen LogP contribution < -0.4 is 15.5 Å². The Kier molecular flexibility index (Phi) is 6.96. The van der Waals surface area contributed by atoms with E-state index >= 15 is 4.39 Å². The molecule has 2 N–H and O–H groups in total. The van der Waals surface area contributed by atoms with Gasteiger partial charge >= 0.3 is 0 Å². The number of hydrogen-bond acceptors (Lipinski definition) is 9. The molecule has 38 heavy (non-hydrogen) atoms. The molecule has 2 atom stereocenters. The number of fused-ring (bicyclic) bond motifs is 1. The first-order valence-electron chi connectivity index (χ1n) is 13.1. The molecule has 0 amide bonds. The molecule has 2 aromatic heterocycles. The first kappa shape index (κ1) is 25.5. The molecule has 11 heteroatoms. The number of aromatic nitrogens is 3. The Bertz CT molecular complexity index is 1400. The third-order valence-corrected chi connectivity index (χ3v) is 8.46. The second-order valence-electron chi connectivity index (χ2n) is 10.5. The predicted molar refractivity (Wildman–Crippen MR) is 152 cm³/mol. The second kappa shape index (κ2) is 10.4. The van der Waals surface area contributed by atoms with Crippen LogP contribution in [0.25, 0.3) is 21.6 Å². The van der Waals surface area contributed by atoms with Gasteiger partial charge in [-0.3, -0.25) is 4.99 Å². The summed E-state index contributed by atoms with van der Waals surface area (Å²) in [6.07, 6.45) is 7.76. The minimum Gasteiger partial charge on any atom is -0.404 e. The standard InChI is InChI=1S/C27H31ClFN7OS/c1-15-12-36(14-22(37-15)17(10-30)11-31-19-6-7-19)26-32-23(20-8-5-18(28)9-21(20)29)24-25(33-26)34-27(38-24)35(2)13-16-3-4-16/h5,8-11,15-16,19,22H,3-4,6-7,12-14,30H2,1-2H3/t15-,22+/m1/s1. The lowest BCUT2D eigenvalue weighted by molar-refractivity contribution is 0.00666. The number of anilines is 2. The van der Waals surface area contributed by atoms with Gasteiger partial charge in [-0.25, -0.2) is 9.37 Å². The van der Waals surface area contributed by atoms with E-state index in [-0.39, 0.29) is 12.2 Å². The van der Waals surface area contributed by atoms with E-state index in [0.717, 1.165) is 34.8 Å². The summed E-state index contributed by atoms with van der Waals surface area (Å²) in [6, 6.07) is 5.06. The van der Waals surface area contributed by atoms with Crippen LogP contribution in [-0.4, -0.2) is 66.1 Å². The fourth-order valence-corrected chi connectivity index (χ4v) is 5.82. The van der Waals surface area contributed by atoms with Gasteiger partial charge in [-0.1, -0.05) is 22.9 Å². The lowest BCUT2D eigenvalue weighted by atomic mass is 10.1. The van der Waals surface area contributed by atoms with Gasteiger partial charge < -0.3 is 20.3 Å². The monoisotopic (exact) mass is 555 g/mol. The molecule has 0 spiro atoms. The van der Waals surface area contributed by atoms with Crippen molar-refractivity contribution in [2.75, 3.05) is 36.5 Å². The number of aliphatic imine (C=N–C) groups is 1. The van der Waals surface area contributed by atoms with Crippen LogP contribution in [0.1, 0.15) is 32.6 Å². The molecule has 3 fully saturated rings. The van der Waals surface area contributed by atoms with Crippen LogP contribution in [0.2, 0.25) is 5.02 Å². The topological polar surface area (TPSA) is 92.8 Å². The van der Waals surface area contributed by atoms with Gasteiger partial charge in [-0.2, -0.15) is 9.97 Å². The predicted octanol–water partition coefficient (Wildman–Crippen LogP) is 5.06. The molecule has 1 aliphatic heterocycles. The van der Waals surface area contributed by atoms with E-state index in [1.54, 1.807) is 18.3 Å². The van der Waals surface area contributed by atoms with Crippen molar-refractivity contribution in [1.29, 1.82) is 0 Å². The quantitative estimate of drug-likeness (QED) is 0.388. The highest BCUT2D eigenvalue weighted by molar-refractivity contribution is 7.22. The first-order valence-corrected chi connectivity index (χ1v) is 14.3. The smallest absolute Gasteiger partial charge is 0.228 e. The molecule has 8 nitrogen and oxygen atoms in total. The number of rotatable bonds is 8. The van der Waals surface area contributed by atoms with Crippen molar-refractivity contribution in [3.05, 3.63) is 40.8 Å². The minimum atomic E-state index is -0.428. The third-order valence-electron chi connectivity index (χ3n) is 7.06. The Hall–Kier alpha value is -2.82. The van der Waals surface area contributed by atoms with Gasteiger partial charge in [-0.15, -0.1) is 0 Å². The van der Waals surface area contributed by atoms with Crippen LogP contribution >= 0.6 is 22.9 Å². The molecule has 3 heterocycles. The zero-order valence-corrected chi connectivity index (χ0v) is 23.1. The summed E-state index contributed by atoms with van der Waals surface area (Å²) in [7, 11) is 2.05. The number of nitrogens with zero attached hydrogens (tertiary/aromatic N) is 6. The number of benzene rings is 1. The van der Waals surface area contributed by atoms with Crippen molar-refractivity contribution in [1.82, 2.24) is 15.0 Å². The summed E-state index contributed by atoms with van der Waals surface area (Å²) in [5, 5.41) is 1.19. The average Bonchev–Trinajstić information content (AvgIpc) is 3.82. The van der Waals surface area contributed by atoms with Gasteiger partial charge in [0, 0.05) is 48.7 Å². The van der Waals surface area contributed by atoms with Crippen molar-refractivity contribution < 1.29 is 9.13 Å². The van der Waals surface area contributed by atoms with E-state index in [1.165, 1.54) is 30.2 Å².